The van der Waals surface area contributed by atoms with E-state index in [2.05, 4.69) is 35.5 Å². The van der Waals surface area contributed by atoms with Crippen molar-refractivity contribution >= 4 is 33.6 Å². The molecule has 6 nitrogen and oxygen atoms in total. The Morgan fingerprint density at radius 1 is 1.23 bits per heavy atom. The van der Waals surface area contributed by atoms with Crippen LogP contribution in [0.5, 0.6) is 5.75 Å². The lowest BCUT2D eigenvalue weighted by molar-refractivity contribution is -0.138. The number of carbonyl (C=O) groups excluding carboxylic acids is 2. The average molecular weight is 380 g/mol. The predicted molar refractivity (Wildman–Crippen MR) is 76.5 cm³/mol. The minimum Gasteiger partial charge on any atom is -0.466 e. The van der Waals surface area contributed by atoms with Crippen LogP contribution in [-0.4, -0.2) is 32.8 Å². The Hall–Kier alpha value is -2.16. The molecule has 0 heterocycles. The lowest BCUT2D eigenvalue weighted by Crippen LogP contribution is -2.15. The van der Waals surface area contributed by atoms with E-state index in [0.29, 0.717) is 4.47 Å². The van der Waals surface area contributed by atoms with Crippen molar-refractivity contribution in [2.75, 3.05) is 19.5 Å². The summed E-state index contributed by atoms with van der Waals surface area (Å²) < 4.78 is 38.1. The highest BCUT2D eigenvalue weighted by molar-refractivity contribution is 9.10. The maximum Gasteiger partial charge on any atom is 0.387 e. The van der Waals surface area contributed by atoms with E-state index < -0.39 is 18.6 Å². The van der Waals surface area contributed by atoms with Crippen LogP contribution in [0.2, 0.25) is 0 Å². The summed E-state index contributed by atoms with van der Waals surface area (Å²) in [5, 5.41) is 2.58. The van der Waals surface area contributed by atoms with Crippen molar-refractivity contribution in [1.29, 1.82) is 0 Å². The number of carbonyl (C=O) groups is 2. The number of alkyl halides is 2. The molecule has 22 heavy (non-hydrogen) atoms. The molecule has 0 aliphatic heterocycles. The molecule has 0 aliphatic carbocycles. The fourth-order valence-corrected chi connectivity index (χ4v) is 1.87. The maximum absolute atomic E-state index is 12.2. The van der Waals surface area contributed by atoms with Gasteiger partial charge in [0.05, 0.1) is 20.3 Å². The molecule has 1 aromatic rings. The second kappa shape index (κ2) is 8.32. The molecule has 0 saturated carbocycles. The molecule has 0 saturated heterocycles. The number of anilines is 1. The first-order valence-electron chi connectivity index (χ1n) is 5.76. The topological polar surface area (TPSA) is 73.9 Å². The van der Waals surface area contributed by atoms with Gasteiger partial charge in [-0.1, -0.05) is 15.9 Å². The molecule has 0 unspecified atom stereocenters. The van der Waals surface area contributed by atoms with Gasteiger partial charge in [0.25, 0.3) is 0 Å². The fraction of sp³-hybridized carbons (Fsp3) is 0.231. The third-order valence-corrected chi connectivity index (χ3v) is 2.70. The Bertz CT molecular complexity index is 592. The van der Waals surface area contributed by atoms with E-state index in [4.69, 9.17) is 0 Å². The van der Waals surface area contributed by atoms with Crippen molar-refractivity contribution in [2.24, 2.45) is 0 Å². The molecule has 1 N–H and O–H groups in total. The van der Waals surface area contributed by atoms with Gasteiger partial charge < -0.3 is 19.5 Å². The zero-order chi connectivity index (χ0) is 16.7. The van der Waals surface area contributed by atoms with Gasteiger partial charge in [0.2, 0.25) is 0 Å². The van der Waals surface area contributed by atoms with Gasteiger partial charge in [0.15, 0.2) is 0 Å². The molecule has 0 fully saturated rings. The Morgan fingerprint density at radius 2 is 1.91 bits per heavy atom. The number of nitrogens with one attached hydrogen (secondary N) is 1. The van der Waals surface area contributed by atoms with Crippen LogP contribution in [0.1, 0.15) is 0 Å². The average Bonchev–Trinajstić information content (AvgIpc) is 2.44. The van der Waals surface area contributed by atoms with Crippen molar-refractivity contribution in [2.45, 2.75) is 6.61 Å². The SMILES string of the molecule is COC(=O)/C=C(/Nc1cc(Br)cc(OC(F)F)c1)C(=O)OC. The van der Waals surface area contributed by atoms with Crippen LogP contribution >= 0.6 is 15.9 Å². The molecule has 1 rings (SSSR count). The van der Waals surface area contributed by atoms with Gasteiger partial charge >= 0.3 is 18.6 Å². The van der Waals surface area contributed by atoms with Crippen molar-refractivity contribution in [1.82, 2.24) is 0 Å². The maximum atomic E-state index is 12.2. The van der Waals surface area contributed by atoms with Crippen molar-refractivity contribution in [3.8, 4) is 5.75 Å². The minimum atomic E-state index is -2.99. The molecule has 0 radical (unpaired) electrons. The first kappa shape index (κ1) is 17.9. The number of rotatable bonds is 6. The van der Waals surface area contributed by atoms with Crippen molar-refractivity contribution < 1.29 is 32.6 Å². The lowest BCUT2D eigenvalue weighted by Gasteiger charge is -2.11. The first-order valence-corrected chi connectivity index (χ1v) is 6.55. The third-order valence-electron chi connectivity index (χ3n) is 2.24. The zero-order valence-electron chi connectivity index (χ0n) is 11.6. The summed E-state index contributed by atoms with van der Waals surface area (Å²) in [5.41, 5.74) is 0.000949. The highest BCUT2D eigenvalue weighted by Gasteiger charge is 2.14. The zero-order valence-corrected chi connectivity index (χ0v) is 13.1. The number of hydrogen-bond acceptors (Lipinski definition) is 6. The van der Waals surface area contributed by atoms with E-state index in [0.717, 1.165) is 20.3 Å². The van der Waals surface area contributed by atoms with E-state index in [1.165, 1.54) is 18.2 Å². The normalized spacial score (nSPS) is 11.1. The van der Waals surface area contributed by atoms with Crippen molar-refractivity contribution in [3.05, 3.63) is 34.4 Å². The summed E-state index contributed by atoms with van der Waals surface area (Å²) in [5.74, 6) is -1.75. The molecule has 9 heteroatoms. The van der Waals surface area contributed by atoms with Crippen LogP contribution in [-0.2, 0) is 19.1 Å². The van der Waals surface area contributed by atoms with Crippen molar-refractivity contribution in [3.63, 3.8) is 0 Å². The van der Waals surface area contributed by atoms with E-state index in [1.807, 2.05) is 0 Å². The van der Waals surface area contributed by atoms with E-state index in [1.54, 1.807) is 0 Å². The van der Waals surface area contributed by atoms with Gasteiger partial charge in [-0.3, -0.25) is 0 Å². The molecular weight excluding hydrogens is 368 g/mol. The number of benzene rings is 1. The summed E-state index contributed by atoms with van der Waals surface area (Å²) in [6.45, 7) is -2.99. The number of hydrogen-bond donors (Lipinski definition) is 1. The molecule has 0 spiro atoms. The number of halogens is 3. The van der Waals surface area contributed by atoms with Crippen LogP contribution in [0.15, 0.2) is 34.4 Å². The highest BCUT2D eigenvalue weighted by Crippen LogP contribution is 2.27. The van der Waals surface area contributed by atoms with Crippen LogP contribution in [0.25, 0.3) is 0 Å². The molecule has 0 atom stereocenters. The third kappa shape index (κ3) is 5.68. The Balaban J connectivity index is 3.07. The Labute approximate surface area is 133 Å². The largest absolute Gasteiger partial charge is 0.466 e. The standard InChI is InChI=1S/C13H12BrF2NO5/c1-20-11(18)6-10(12(19)21-2)17-8-3-7(14)4-9(5-8)22-13(15)16/h3-6,13,17H,1-2H3/b10-6+. The summed E-state index contributed by atoms with van der Waals surface area (Å²) in [6.07, 6.45) is 0.875. The smallest absolute Gasteiger partial charge is 0.387 e. The fourth-order valence-electron chi connectivity index (χ4n) is 1.39. The highest BCUT2D eigenvalue weighted by atomic mass is 79.9. The Kier molecular flexibility index (Phi) is 6.77. The summed E-state index contributed by atoms with van der Waals surface area (Å²) in [6, 6.07) is 4.04. The lowest BCUT2D eigenvalue weighted by atomic mass is 10.2. The summed E-state index contributed by atoms with van der Waals surface area (Å²) in [7, 11) is 2.27. The second-order valence-corrected chi connectivity index (χ2v) is 4.67. The summed E-state index contributed by atoms with van der Waals surface area (Å²) >= 11 is 3.12. The molecule has 1 aromatic carbocycles. The molecule has 120 valence electrons. The van der Waals surface area contributed by atoms with Gasteiger partial charge in [-0.25, -0.2) is 9.59 Å². The number of esters is 2. The van der Waals surface area contributed by atoms with Crippen LogP contribution < -0.4 is 10.1 Å². The Morgan fingerprint density at radius 3 is 2.45 bits per heavy atom. The minimum absolute atomic E-state index is 0.130. The van der Waals surface area contributed by atoms with Gasteiger partial charge in [0.1, 0.15) is 11.4 Å². The van der Waals surface area contributed by atoms with Gasteiger partial charge in [-0.05, 0) is 12.1 Å². The van der Waals surface area contributed by atoms with E-state index >= 15 is 0 Å². The second-order valence-electron chi connectivity index (χ2n) is 3.75. The molecule has 0 aromatic heterocycles. The molecule has 0 aliphatic rings. The number of ether oxygens (including phenoxy) is 3. The van der Waals surface area contributed by atoms with E-state index in [-0.39, 0.29) is 17.1 Å². The quantitative estimate of drug-likeness (QED) is 0.605. The first-order chi connectivity index (χ1) is 10.3. The van der Waals surface area contributed by atoms with E-state index in [9.17, 15) is 18.4 Å². The monoisotopic (exact) mass is 379 g/mol. The van der Waals surface area contributed by atoms with Gasteiger partial charge in [0, 0.05) is 16.2 Å². The van der Waals surface area contributed by atoms with Gasteiger partial charge in [-0.2, -0.15) is 8.78 Å². The summed E-state index contributed by atoms with van der Waals surface area (Å²) in [4.78, 5) is 22.8. The van der Waals surface area contributed by atoms with Crippen LogP contribution in [0.4, 0.5) is 14.5 Å². The van der Waals surface area contributed by atoms with Crippen LogP contribution in [0, 0.1) is 0 Å². The molecule has 0 amide bonds. The molecular formula is C13H12BrF2NO5. The predicted octanol–water partition coefficient (Wildman–Crippen LogP) is 2.69. The number of methoxy groups -OCH3 is 2. The van der Waals surface area contributed by atoms with Gasteiger partial charge in [-0.15, -0.1) is 0 Å². The van der Waals surface area contributed by atoms with Crippen LogP contribution in [0.3, 0.4) is 0 Å². The molecule has 0 bridgehead atoms.